The van der Waals surface area contributed by atoms with Crippen LogP contribution in [0.4, 0.5) is 0 Å². The molecule has 4 aromatic rings. The van der Waals surface area contributed by atoms with Crippen LogP contribution in [0, 0.1) is 0 Å². The summed E-state index contributed by atoms with van der Waals surface area (Å²) in [5.41, 5.74) is 5.00. The number of fused-ring (bicyclic) bond motifs is 1. The second-order valence-corrected chi connectivity index (χ2v) is 4.83. The van der Waals surface area contributed by atoms with Crippen LogP contribution in [-0.4, -0.2) is 20.2 Å². The molecular weight excluding hydrogens is 260 g/mol. The second-order valence-electron chi connectivity index (χ2n) is 4.83. The van der Waals surface area contributed by atoms with Crippen LogP contribution < -0.4 is 0 Å². The molecule has 21 heavy (non-hydrogen) atoms. The van der Waals surface area contributed by atoms with E-state index in [1.165, 1.54) is 0 Å². The van der Waals surface area contributed by atoms with Gasteiger partial charge in [-0.1, -0.05) is 36.4 Å². The van der Waals surface area contributed by atoms with Crippen LogP contribution in [0.5, 0.6) is 0 Å². The number of nitrogens with one attached hydrogen (secondary N) is 1. The number of hydrogen-bond acceptors (Lipinski definition) is 3. The SMILES string of the molecule is c1ccc(-c2cc(-c3ccc4[nH]ncc4c3)ncn2)cc1. The fraction of sp³-hybridized carbons (Fsp3) is 0. The molecular formula is C17H12N4. The highest BCUT2D eigenvalue weighted by Gasteiger charge is 2.05. The van der Waals surface area contributed by atoms with Gasteiger partial charge in [0.05, 0.1) is 23.1 Å². The third-order valence-corrected chi connectivity index (χ3v) is 3.47. The molecule has 1 N–H and O–H groups in total. The fourth-order valence-corrected chi connectivity index (χ4v) is 2.38. The summed E-state index contributed by atoms with van der Waals surface area (Å²) in [6.07, 6.45) is 3.43. The Morgan fingerprint density at radius 2 is 1.57 bits per heavy atom. The van der Waals surface area contributed by atoms with Gasteiger partial charge in [0.25, 0.3) is 0 Å². The van der Waals surface area contributed by atoms with Crippen molar-refractivity contribution in [1.29, 1.82) is 0 Å². The lowest BCUT2D eigenvalue weighted by molar-refractivity contribution is 1.12. The van der Waals surface area contributed by atoms with Crippen molar-refractivity contribution in [2.45, 2.75) is 0 Å². The van der Waals surface area contributed by atoms with Crippen LogP contribution in [0.2, 0.25) is 0 Å². The number of nitrogens with zero attached hydrogens (tertiary/aromatic N) is 3. The molecule has 4 nitrogen and oxygen atoms in total. The Morgan fingerprint density at radius 1 is 0.762 bits per heavy atom. The summed E-state index contributed by atoms with van der Waals surface area (Å²) >= 11 is 0. The lowest BCUT2D eigenvalue weighted by Gasteiger charge is -2.04. The second kappa shape index (κ2) is 4.83. The van der Waals surface area contributed by atoms with E-state index in [2.05, 4.69) is 26.2 Å². The Labute approximate surface area is 121 Å². The third-order valence-electron chi connectivity index (χ3n) is 3.47. The number of benzene rings is 2. The zero-order chi connectivity index (χ0) is 14.1. The Bertz CT molecular complexity index is 897. The Hall–Kier alpha value is -3.01. The average molecular weight is 272 g/mol. The van der Waals surface area contributed by atoms with Crippen LogP contribution >= 0.6 is 0 Å². The van der Waals surface area contributed by atoms with Gasteiger partial charge in [0.2, 0.25) is 0 Å². The number of rotatable bonds is 2. The number of aromatic nitrogens is 4. The molecule has 4 heteroatoms. The Kier molecular flexibility index (Phi) is 2.71. The van der Waals surface area contributed by atoms with Gasteiger partial charge in [0.1, 0.15) is 6.33 Å². The molecule has 0 radical (unpaired) electrons. The molecule has 0 aliphatic carbocycles. The highest BCUT2D eigenvalue weighted by Crippen LogP contribution is 2.24. The molecule has 2 heterocycles. The minimum absolute atomic E-state index is 0.909. The maximum absolute atomic E-state index is 4.38. The predicted molar refractivity (Wildman–Crippen MR) is 82.6 cm³/mol. The first kappa shape index (κ1) is 11.8. The molecule has 0 saturated heterocycles. The van der Waals surface area contributed by atoms with Gasteiger partial charge in [0, 0.05) is 16.5 Å². The third kappa shape index (κ3) is 2.17. The topological polar surface area (TPSA) is 54.5 Å². The number of aromatic amines is 1. The van der Waals surface area contributed by atoms with E-state index >= 15 is 0 Å². The Morgan fingerprint density at radius 3 is 2.43 bits per heavy atom. The van der Waals surface area contributed by atoms with Crippen molar-refractivity contribution in [3.63, 3.8) is 0 Å². The van der Waals surface area contributed by atoms with Crippen LogP contribution in [0.1, 0.15) is 0 Å². The monoisotopic (exact) mass is 272 g/mol. The molecule has 0 fully saturated rings. The van der Waals surface area contributed by atoms with Crippen LogP contribution in [0.3, 0.4) is 0 Å². The van der Waals surface area contributed by atoms with E-state index in [0.717, 1.165) is 33.4 Å². The van der Waals surface area contributed by atoms with E-state index in [4.69, 9.17) is 0 Å². The summed E-state index contributed by atoms with van der Waals surface area (Å²) in [5, 5.41) is 8.07. The number of hydrogen-bond donors (Lipinski definition) is 1. The van der Waals surface area contributed by atoms with E-state index in [1.54, 1.807) is 6.33 Å². The van der Waals surface area contributed by atoms with E-state index < -0.39 is 0 Å². The molecule has 0 aliphatic heterocycles. The van der Waals surface area contributed by atoms with E-state index in [-0.39, 0.29) is 0 Å². The minimum Gasteiger partial charge on any atom is -0.278 e. The van der Waals surface area contributed by atoms with Gasteiger partial charge in [-0.05, 0) is 18.2 Å². The van der Waals surface area contributed by atoms with E-state index in [0.29, 0.717) is 0 Å². The number of H-pyrrole nitrogens is 1. The van der Waals surface area contributed by atoms with Crippen LogP contribution in [0.15, 0.2) is 67.1 Å². The first-order valence-corrected chi connectivity index (χ1v) is 6.71. The lowest BCUT2D eigenvalue weighted by atomic mass is 10.1. The van der Waals surface area contributed by atoms with Gasteiger partial charge in [0.15, 0.2) is 0 Å². The maximum atomic E-state index is 4.38. The highest BCUT2D eigenvalue weighted by molar-refractivity contribution is 5.83. The molecule has 0 unspecified atom stereocenters. The van der Waals surface area contributed by atoms with Crippen molar-refractivity contribution in [3.8, 4) is 22.5 Å². The lowest BCUT2D eigenvalue weighted by Crippen LogP contribution is -1.89. The van der Waals surface area contributed by atoms with Gasteiger partial charge in [-0.3, -0.25) is 5.10 Å². The van der Waals surface area contributed by atoms with Gasteiger partial charge < -0.3 is 0 Å². The molecule has 2 aromatic heterocycles. The fourth-order valence-electron chi connectivity index (χ4n) is 2.38. The average Bonchev–Trinajstić information content (AvgIpc) is 3.03. The smallest absolute Gasteiger partial charge is 0.116 e. The van der Waals surface area contributed by atoms with Crippen LogP contribution in [0.25, 0.3) is 33.4 Å². The van der Waals surface area contributed by atoms with Crippen molar-refractivity contribution in [3.05, 3.63) is 67.1 Å². The van der Waals surface area contributed by atoms with E-state index in [9.17, 15) is 0 Å². The van der Waals surface area contributed by atoms with Gasteiger partial charge in [-0.2, -0.15) is 5.10 Å². The highest BCUT2D eigenvalue weighted by atomic mass is 15.1. The summed E-state index contributed by atoms with van der Waals surface area (Å²) in [5.74, 6) is 0. The normalized spacial score (nSPS) is 10.9. The largest absolute Gasteiger partial charge is 0.278 e. The summed E-state index contributed by atoms with van der Waals surface area (Å²) in [6, 6.07) is 18.3. The van der Waals surface area contributed by atoms with Crippen LogP contribution in [-0.2, 0) is 0 Å². The summed E-state index contributed by atoms with van der Waals surface area (Å²) < 4.78 is 0. The summed E-state index contributed by atoms with van der Waals surface area (Å²) in [6.45, 7) is 0. The predicted octanol–water partition coefficient (Wildman–Crippen LogP) is 3.69. The minimum atomic E-state index is 0.909. The molecule has 2 aromatic carbocycles. The molecule has 0 spiro atoms. The standard InChI is InChI=1S/C17H12N4/c1-2-4-12(5-3-1)16-9-17(19-11-18-16)13-6-7-15-14(8-13)10-20-21-15/h1-11H,(H,20,21). The zero-order valence-corrected chi connectivity index (χ0v) is 11.2. The zero-order valence-electron chi connectivity index (χ0n) is 11.2. The van der Waals surface area contributed by atoms with Gasteiger partial charge in [-0.25, -0.2) is 9.97 Å². The molecule has 100 valence electrons. The molecule has 0 saturated carbocycles. The summed E-state index contributed by atoms with van der Waals surface area (Å²) in [7, 11) is 0. The molecule has 0 aliphatic rings. The van der Waals surface area contributed by atoms with Gasteiger partial charge >= 0.3 is 0 Å². The quantitative estimate of drug-likeness (QED) is 0.605. The molecule has 4 rings (SSSR count). The van der Waals surface area contributed by atoms with Crippen molar-refractivity contribution in [1.82, 2.24) is 20.2 Å². The van der Waals surface area contributed by atoms with Crippen molar-refractivity contribution < 1.29 is 0 Å². The first-order chi connectivity index (χ1) is 10.4. The van der Waals surface area contributed by atoms with Crippen molar-refractivity contribution in [2.75, 3.05) is 0 Å². The molecule has 0 amide bonds. The van der Waals surface area contributed by atoms with Crippen molar-refractivity contribution >= 4 is 10.9 Å². The van der Waals surface area contributed by atoms with E-state index in [1.807, 2.05) is 54.7 Å². The van der Waals surface area contributed by atoms with Gasteiger partial charge in [-0.15, -0.1) is 0 Å². The Balaban J connectivity index is 1.81. The maximum Gasteiger partial charge on any atom is 0.116 e. The first-order valence-electron chi connectivity index (χ1n) is 6.71. The summed E-state index contributed by atoms with van der Waals surface area (Å²) in [4.78, 5) is 8.74. The van der Waals surface area contributed by atoms with Crippen molar-refractivity contribution in [2.24, 2.45) is 0 Å². The molecule has 0 bridgehead atoms. The molecule has 0 atom stereocenters.